The molecule has 0 aliphatic rings. The second-order valence-electron chi connectivity index (χ2n) is 3.32. The third-order valence-electron chi connectivity index (χ3n) is 2.30. The lowest BCUT2D eigenvalue weighted by Crippen LogP contribution is -2.31. The highest BCUT2D eigenvalue weighted by molar-refractivity contribution is 5.12. The van der Waals surface area contributed by atoms with Crippen molar-refractivity contribution in [1.29, 1.82) is 0 Å². The Labute approximate surface area is 90.6 Å². The maximum absolute atomic E-state index is 5.09. The smallest absolute Gasteiger partial charge is 0.169 e. The zero-order chi connectivity index (χ0) is 11.1. The van der Waals surface area contributed by atoms with Crippen LogP contribution in [0, 0.1) is 0 Å². The van der Waals surface area contributed by atoms with E-state index in [9.17, 15) is 0 Å². The summed E-state index contributed by atoms with van der Waals surface area (Å²) in [6.45, 7) is 2.74. The molecule has 0 unspecified atom stereocenters. The molecule has 0 aliphatic heterocycles. The van der Waals surface area contributed by atoms with Gasteiger partial charge in [0.15, 0.2) is 6.29 Å². The highest BCUT2D eigenvalue weighted by Gasteiger charge is 2.08. The van der Waals surface area contributed by atoms with Crippen LogP contribution in [0.3, 0.4) is 0 Å². The van der Waals surface area contributed by atoms with Crippen molar-refractivity contribution in [3.8, 4) is 0 Å². The van der Waals surface area contributed by atoms with Gasteiger partial charge < -0.3 is 14.8 Å². The first-order valence-corrected chi connectivity index (χ1v) is 4.96. The van der Waals surface area contributed by atoms with E-state index in [0.29, 0.717) is 6.54 Å². The highest BCUT2D eigenvalue weighted by Crippen LogP contribution is 2.09. The molecule has 15 heavy (non-hydrogen) atoms. The number of pyridine rings is 1. The van der Waals surface area contributed by atoms with Crippen LogP contribution in [0.4, 0.5) is 0 Å². The van der Waals surface area contributed by atoms with Crippen LogP contribution in [0.2, 0.25) is 0 Å². The Morgan fingerprint density at radius 1 is 1.40 bits per heavy atom. The molecule has 1 atom stereocenters. The van der Waals surface area contributed by atoms with E-state index in [4.69, 9.17) is 9.47 Å². The molecule has 0 saturated carbocycles. The van der Waals surface area contributed by atoms with Crippen molar-refractivity contribution in [2.45, 2.75) is 19.3 Å². The number of nitrogens with one attached hydrogen (secondary N) is 1. The fraction of sp³-hybridized carbons (Fsp3) is 0.545. The van der Waals surface area contributed by atoms with Gasteiger partial charge in [-0.3, -0.25) is 4.98 Å². The van der Waals surface area contributed by atoms with Gasteiger partial charge in [-0.15, -0.1) is 0 Å². The summed E-state index contributed by atoms with van der Waals surface area (Å²) < 4.78 is 10.2. The molecule has 0 bridgehead atoms. The zero-order valence-corrected chi connectivity index (χ0v) is 9.43. The summed E-state index contributed by atoms with van der Waals surface area (Å²) in [6, 6.07) is 4.21. The van der Waals surface area contributed by atoms with E-state index in [1.54, 1.807) is 20.4 Å². The Hall–Kier alpha value is -0.970. The van der Waals surface area contributed by atoms with Gasteiger partial charge in [-0.1, -0.05) is 6.07 Å². The van der Waals surface area contributed by atoms with Gasteiger partial charge in [0.05, 0.1) is 0 Å². The predicted molar refractivity (Wildman–Crippen MR) is 58.5 cm³/mol. The fourth-order valence-electron chi connectivity index (χ4n) is 1.29. The molecule has 0 spiro atoms. The molecule has 4 nitrogen and oxygen atoms in total. The van der Waals surface area contributed by atoms with E-state index in [1.807, 2.05) is 18.3 Å². The molecule has 4 heteroatoms. The Kier molecular flexibility index (Phi) is 5.25. The minimum absolute atomic E-state index is 0.205. The van der Waals surface area contributed by atoms with Crippen LogP contribution < -0.4 is 5.32 Å². The second kappa shape index (κ2) is 6.50. The van der Waals surface area contributed by atoms with E-state index in [0.717, 1.165) is 5.56 Å². The lowest BCUT2D eigenvalue weighted by molar-refractivity contribution is -0.0997. The van der Waals surface area contributed by atoms with Crippen molar-refractivity contribution in [3.63, 3.8) is 0 Å². The molecule has 0 amide bonds. The molecule has 1 rings (SSSR count). The van der Waals surface area contributed by atoms with Crippen LogP contribution in [0.15, 0.2) is 24.5 Å². The van der Waals surface area contributed by atoms with Gasteiger partial charge in [0, 0.05) is 39.2 Å². The maximum Gasteiger partial charge on any atom is 0.169 e. The first-order valence-electron chi connectivity index (χ1n) is 4.96. The molecule has 0 fully saturated rings. The number of methoxy groups -OCH3 is 2. The quantitative estimate of drug-likeness (QED) is 0.720. The molecule has 0 radical (unpaired) electrons. The van der Waals surface area contributed by atoms with Crippen LogP contribution in [0.5, 0.6) is 0 Å². The maximum atomic E-state index is 5.09. The monoisotopic (exact) mass is 210 g/mol. The summed E-state index contributed by atoms with van der Waals surface area (Å²) in [5, 5.41) is 3.31. The lowest BCUT2D eigenvalue weighted by Gasteiger charge is -2.18. The average molecular weight is 210 g/mol. The van der Waals surface area contributed by atoms with Crippen LogP contribution >= 0.6 is 0 Å². The van der Waals surface area contributed by atoms with Crippen LogP contribution in [-0.4, -0.2) is 32.0 Å². The van der Waals surface area contributed by atoms with Crippen molar-refractivity contribution >= 4 is 0 Å². The molecule has 1 aromatic heterocycles. The van der Waals surface area contributed by atoms with Crippen LogP contribution in [0.25, 0.3) is 0 Å². The summed E-state index contributed by atoms with van der Waals surface area (Å²) in [7, 11) is 3.26. The van der Waals surface area contributed by atoms with E-state index in [2.05, 4.69) is 17.2 Å². The summed E-state index contributed by atoms with van der Waals surface area (Å²) >= 11 is 0. The second-order valence-corrected chi connectivity index (χ2v) is 3.32. The van der Waals surface area contributed by atoms with Gasteiger partial charge in [-0.2, -0.15) is 0 Å². The van der Waals surface area contributed by atoms with Crippen LogP contribution in [0.1, 0.15) is 18.5 Å². The number of rotatable bonds is 6. The van der Waals surface area contributed by atoms with E-state index >= 15 is 0 Å². The number of nitrogens with zero attached hydrogens (tertiary/aromatic N) is 1. The third kappa shape index (κ3) is 3.95. The molecule has 0 aromatic carbocycles. The largest absolute Gasteiger partial charge is 0.355 e. The molecular formula is C11H18N2O2. The van der Waals surface area contributed by atoms with Crippen molar-refractivity contribution in [3.05, 3.63) is 30.1 Å². The van der Waals surface area contributed by atoms with Crippen LogP contribution in [-0.2, 0) is 9.47 Å². The Balaban J connectivity index is 2.39. The van der Waals surface area contributed by atoms with Gasteiger partial charge in [0.2, 0.25) is 0 Å². The zero-order valence-electron chi connectivity index (χ0n) is 9.43. The van der Waals surface area contributed by atoms with Gasteiger partial charge in [0.1, 0.15) is 0 Å². The predicted octanol–water partition coefficient (Wildman–Crippen LogP) is 1.35. The molecular weight excluding hydrogens is 192 g/mol. The summed E-state index contributed by atoms with van der Waals surface area (Å²) in [6.07, 6.45) is 3.42. The standard InChI is InChI=1S/C11H18N2O2/c1-9(10-5-4-6-12-7-10)13-8-11(14-2)15-3/h4-7,9,11,13H,8H2,1-3H3/t9-/m0/s1. The van der Waals surface area contributed by atoms with Crippen molar-refractivity contribution in [2.75, 3.05) is 20.8 Å². The van der Waals surface area contributed by atoms with Crippen molar-refractivity contribution in [1.82, 2.24) is 10.3 Å². The minimum Gasteiger partial charge on any atom is -0.355 e. The van der Waals surface area contributed by atoms with E-state index < -0.39 is 0 Å². The first-order chi connectivity index (χ1) is 7.27. The lowest BCUT2D eigenvalue weighted by atomic mass is 10.1. The normalized spacial score (nSPS) is 13.1. The molecule has 0 saturated heterocycles. The third-order valence-corrected chi connectivity index (χ3v) is 2.30. The minimum atomic E-state index is -0.205. The topological polar surface area (TPSA) is 43.4 Å². The highest BCUT2D eigenvalue weighted by atomic mass is 16.7. The number of aromatic nitrogens is 1. The Bertz CT molecular complexity index is 263. The molecule has 1 N–H and O–H groups in total. The average Bonchev–Trinajstić information content (AvgIpc) is 2.31. The van der Waals surface area contributed by atoms with Gasteiger partial charge in [-0.05, 0) is 18.6 Å². The molecule has 84 valence electrons. The van der Waals surface area contributed by atoms with Crippen molar-refractivity contribution in [2.24, 2.45) is 0 Å². The van der Waals surface area contributed by atoms with Gasteiger partial charge in [0.25, 0.3) is 0 Å². The SMILES string of the molecule is COC(CN[C@@H](C)c1cccnc1)OC. The molecule has 1 heterocycles. The molecule has 0 aliphatic carbocycles. The van der Waals surface area contributed by atoms with Gasteiger partial charge in [-0.25, -0.2) is 0 Å². The van der Waals surface area contributed by atoms with Crippen molar-refractivity contribution < 1.29 is 9.47 Å². The van der Waals surface area contributed by atoms with E-state index in [1.165, 1.54) is 0 Å². The van der Waals surface area contributed by atoms with E-state index in [-0.39, 0.29) is 12.3 Å². The molecule has 1 aromatic rings. The summed E-state index contributed by atoms with van der Waals surface area (Å²) in [4.78, 5) is 4.07. The van der Waals surface area contributed by atoms with Gasteiger partial charge >= 0.3 is 0 Å². The summed E-state index contributed by atoms with van der Waals surface area (Å²) in [5.41, 5.74) is 1.16. The Morgan fingerprint density at radius 2 is 2.13 bits per heavy atom. The number of hydrogen-bond acceptors (Lipinski definition) is 4. The Morgan fingerprint density at radius 3 is 2.67 bits per heavy atom. The number of hydrogen-bond donors (Lipinski definition) is 1. The summed E-state index contributed by atoms with van der Waals surface area (Å²) in [5.74, 6) is 0. The fourth-order valence-corrected chi connectivity index (χ4v) is 1.29. The number of ether oxygens (including phenoxy) is 2. The first kappa shape index (κ1) is 12.1.